The van der Waals surface area contributed by atoms with E-state index in [1.54, 1.807) is 0 Å². The fourth-order valence-electron chi connectivity index (χ4n) is 0.594. The van der Waals surface area contributed by atoms with Gasteiger partial charge in [0, 0.05) is 0 Å². The van der Waals surface area contributed by atoms with Crippen LogP contribution in [0.15, 0.2) is 12.7 Å². The molecule has 0 aliphatic heterocycles. The third kappa shape index (κ3) is 2.01. The van der Waals surface area contributed by atoms with E-state index in [0.29, 0.717) is 0 Å². The predicted octanol–water partition coefficient (Wildman–Crippen LogP) is -1.28. The highest BCUT2D eigenvalue weighted by Gasteiger charge is 2.12. The molecular formula is C5H7N3O3. The monoisotopic (exact) mass is 157 g/mol. The van der Waals surface area contributed by atoms with Crippen molar-refractivity contribution in [1.29, 1.82) is 0 Å². The van der Waals surface area contributed by atoms with Crippen LogP contribution in [0.1, 0.15) is 0 Å². The van der Waals surface area contributed by atoms with Crippen molar-refractivity contribution in [3.8, 4) is 0 Å². The van der Waals surface area contributed by atoms with E-state index in [0.717, 1.165) is 0 Å². The molecular weight excluding hydrogens is 150 g/mol. The molecule has 0 amide bonds. The average Bonchev–Trinajstić information content (AvgIpc) is 2.39. The molecule has 0 fully saturated rings. The fourth-order valence-corrected chi connectivity index (χ4v) is 0.594. The van der Waals surface area contributed by atoms with Crippen molar-refractivity contribution < 1.29 is 15.0 Å². The van der Waals surface area contributed by atoms with Crippen LogP contribution in [0.25, 0.3) is 0 Å². The van der Waals surface area contributed by atoms with Gasteiger partial charge in [-0.25, -0.2) is 4.79 Å². The first-order valence-electron chi connectivity index (χ1n) is 2.93. The molecule has 1 aromatic rings. The maximum atomic E-state index is 10.1. The van der Waals surface area contributed by atoms with E-state index in [4.69, 9.17) is 10.2 Å². The van der Waals surface area contributed by atoms with E-state index in [-0.39, 0.29) is 6.54 Å². The Balaban J connectivity index is 2.50. The number of aliphatic hydroxyl groups excluding tert-OH is 1. The van der Waals surface area contributed by atoms with Crippen molar-refractivity contribution in [3.63, 3.8) is 0 Å². The molecule has 0 aromatic carbocycles. The normalized spacial score (nSPS) is 12.8. The van der Waals surface area contributed by atoms with Crippen LogP contribution in [-0.2, 0) is 11.3 Å². The molecule has 1 rings (SSSR count). The van der Waals surface area contributed by atoms with Gasteiger partial charge in [0.1, 0.15) is 12.7 Å². The van der Waals surface area contributed by atoms with E-state index in [1.165, 1.54) is 17.2 Å². The Labute approximate surface area is 62.1 Å². The second-order valence-corrected chi connectivity index (χ2v) is 2.01. The van der Waals surface area contributed by atoms with Gasteiger partial charge in [0.25, 0.3) is 0 Å². The molecule has 1 unspecified atom stereocenters. The van der Waals surface area contributed by atoms with Gasteiger partial charge in [-0.3, -0.25) is 0 Å². The topological polar surface area (TPSA) is 88.2 Å². The van der Waals surface area contributed by atoms with Crippen LogP contribution in [0, 0.1) is 0 Å². The standard InChI is InChI=1S/C5H7N3O3/c9-4(5(10)11)1-8-2-6-7-3-8/h2-4,9H,1H2,(H,10,11). The number of aliphatic carboxylic acids is 1. The summed E-state index contributed by atoms with van der Waals surface area (Å²) >= 11 is 0. The summed E-state index contributed by atoms with van der Waals surface area (Å²) in [4.78, 5) is 10.1. The van der Waals surface area contributed by atoms with Gasteiger partial charge in [0.2, 0.25) is 0 Å². The van der Waals surface area contributed by atoms with E-state index < -0.39 is 12.1 Å². The zero-order valence-electron chi connectivity index (χ0n) is 5.58. The lowest BCUT2D eigenvalue weighted by Crippen LogP contribution is -2.24. The number of rotatable bonds is 3. The molecule has 1 heterocycles. The first-order chi connectivity index (χ1) is 5.20. The highest BCUT2D eigenvalue weighted by Crippen LogP contribution is 1.89. The van der Waals surface area contributed by atoms with Gasteiger partial charge in [0.05, 0.1) is 6.54 Å². The number of carboxylic acids is 1. The number of hydrogen-bond donors (Lipinski definition) is 2. The van der Waals surface area contributed by atoms with E-state index in [2.05, 4.69) is 10.2 Å². The van der Waals surface area contributed by atoms with Crippen LogP contribution < -0.4 is 0 Å². The number of carboxylic acid groups (broad SMARTS) is 1. The van der Waals surface area contributed by atoms with Gasteiger partial charge < -0.3 is 14.8 Å². The predicted molar refractivity (Wildman–Crippen MR) is 33.7 cm³/mol. The Kier molecular flexibility index (Phi) is 2.17. The number of hydrogen-bond acceptors (Lipinski definition) is 4. The highest BCUT2D eigenvalue weighted by molar-refractivity contribution is 5.71. The third-order valence-electron chi connectivity index (χ3n) is 1.14. The molecule has 60 valence electrons. The molecule has 0 aliphatic rings. The SMILES string of the molecule is O=C(O)C(O)Cn1cnnc1. The Morgan fingerprint density at radius 1 is 1.55 bits per heavy atom. The highest BCUT2D eigenvalue weighted by atomic mass is 16.4. The molecule has 1 atom stereocenters. The largest absolute Gasteiger partial charge is 0.479 e. The number of nitrogens with zero attached hydrogens (tertiary/aromatic N) is 3. The van der Waals surface area contributed by atoms with Gasteiger partial charge in [-0.05, 0) is 0 Å². The Hall–Kier alpha value is -1.43. The van der Waals surface area contributed by atoms with Crippen LogP contribution in [0.5, 0.6) is 0 Å². The minimum Gasteiger partial charge on any atom is -0.479 e. The van der Waals surface area contributed by atoms with Crippen molar-refractivity contribution in [1.82, 2.24) is 14.8 Å². The molecule has 0 radical (unpaired) electrons. The van der Waals surface area contributed by atoms with Crippen LogP contribution in [0.3, 0.4) is 0 Å². The van der Waals surface area contributed by atoms with E-state index >= 15 is 0 Å². The lowest BCUT2D eigenvalue weighted by atomic mass is 10.4. The van der Waals surface area contributed by atoms with E-state index in [1.807, 2.05) is 0 Å². The van der Waals surface area contributed by atoms with Gasteiger partial charge in [-0.1, -0.05) is 0 Å². The van der Waals surface area contributed by atoms with Crippen molar-refractivity contribution in [2.24, 2.45) is 0 Å². The van der Waals surface area contributed by atoms with Crippen molar-refractivity contribution >= 4 is 5.97 Å². The van der Waals surface area contributed by atoms with Crippen molar-refractivity contribution in [3.05, 3.63) is 12.7 Å². The van der Waals surface area contributed by atoms with Gasteiger partial charge >= 0.3 is 5.97 Å². The molecule has 0 bridgehead atoms. The van der Waals surface area contributed by atoms with Gasteiger partial charge in [0.15, 0.2) is 6.10 Å². The Morgan fingerprint density at radius 2 is 2.09 bits per heavy atom. The molecule has 2 N–H and O–H groups in total. The third-order valence-corrected chi connectivity index (χ3v) is 1.14. The van der Waals surface area contributed by atoms with Gasteiger partial charge in [-0.2, -0.15) is 0 Å². The second kappa shape index (κ2) is 3.11. The maximum absolute atomic E-state index is 10.1. The summed E-state index contributed by atoms with van der Waals surface area (Å²) in [5, 5.41) is 24.0. The zero-order valence-corrected chi connectivity index (χ0v) is 5.58. The maximum Gasteiger partial charge on any atom is 0.334 e. The van der Waals surface area contributed by atoms with Crippen LogP contribution >= 0.6 is 0 Å². The minimum absolute atomic E-state index is 0.0255. The average molecular weight is 157 g/mol. The zero-order chi connectivity index (χ0) is 8.27. The summed E-state index contributed by atoms with van der Waals surface area (Å²) < 4.78 is 1.39. The second-order valence-electron chi connectivity index (χ2n) is 2.01. The lowest BCUT2D eigenvalue weighted by Gasteiger charge is -2.03. The lowest BCUT2D eigenvalue weighted by molar-refractivity contribution is -0.147. The summed E-state index contributed by atoms with van der Waals surface area (Å²) in [6, 6.07) is 0. The first-order valence-corrected chi connectivity index (χ1v) is 2.93. The smallest absolute Gasteiger partial charge is 0.334 e. The molecule has 6 heteroatoms. The minimum atomic E-state index is -1.40. The molecule has 0 saturated heterocycles. The molecule has 0 saturated carbocycles. The molecule has 11 heavy (non-hydrogen) atoms. The Morgan fingerprint density at radius 3 is 2.55 bits per heavy atom. The Bertz CT molecular complexity index is 233. The summed E-state index contributed by atoms with van der Waals surface area (Å²) in [7, 11) is 0. The van der Waals surface area contributed by atoms with Crippen LogP contribution in [-0.4, -0.2) is 37.1 Å². The quantitative estimate of drug-likeness (QED) is 0.570. The summed E-state index contributed by atoms with van der Waals surface area (Å²) in [5.41, 5.74) is 0. The summed E-state index contributed by atoms with van der Waals surface area (Å²) in [5.74, 6) is -1.25. The number of aromatic nitrogens is 3. The molecule has 6 nitrogen and oxygen atoms in total. The van der Waals surface area contributed by atoms with E-state index in [9.17, 15) is 4.79 Å². The first kappa shape index (κ1) is 7.67. The van der Waals surface area contributed by atoms with Crippen molar-refractivity contribution in [2.75, 3.05) is 0 Å². The summed E-state index contributed by atoms with van der Waals surface area (Å²) in [6.45, 7) is -0.0255. The number of aliphatic hydroxyl groups is 1. The van der Waals surface area contributed by atoms with Crippen molar-refractivity contribution in [2.45, 2.75) is 12.6 Å². The summed E-state index contributed by atoms with van der Waals surface area (Å²) in [6.07, 6.45) is 1.28. The molecule has 0 aliphatic carbocycles. The fraction of sp³-hybridized carbons (Fsp3) is 0.400. The van der Waals surface area contributed by atoms with Crippen LogP contribution in [0.4, 0.5) is 0 Å². The van der Waals surface area contributed by atoms with Crippen LogP contribution in [0.2, 0.25) is 0 Å². The molecule has 1 aromatic heterocycles. The number of carbonyl (C=O) groups is 1. The van der Waals surface area contributed by atoms with Gasteiger partial charge in [-0.15, -0.1) is 10.2 Å². The molecule has 0 spiro atoms.